The molecule has 0 aliphatic heterocycles. The number of carboxylic acid groups (broad SMARTS) is 1. The summed E-state index contributed by atoms with van der Waals surface area (Å²) in [6.07, 6.45) is 13.1. The van der Waals surface area contributed by atoms with E-state index in [9.17, 15) is 19.2 Å². The van der Waals surface area contributed by atoms with Crippen molar-refractivity contribution in [3.8, 4) is 44.8 Å². The molecule has 8 aromatic rings. The zero-order chi connectivity index (χ0) is 46.9. The number of H-pyrrole nitrogens is 3. The highest BCUT2D eigenvalue weighted by Crippen LogP contribution is 2.28. The van der Waals surface area contributed by atoms with Gasteiger partial charge in [-0.3, -0.25) is 34.2 Å². The van der Waals surface area contributed by atoms with Crippen molar-refractivity contribution < 1.29 is 14.7 Å². The topological polar surface area (TPSA) is 192 Å². The van der Waals surface area contributed by atoms with Crippen LogP contribution in [0.5, 0.6) is 0 Å². The van der Waals surface area contributed by atoms with Crippen LogP contribution in [0.2, 0.25) is 8.67 Å². The first-order valence-electron chi connectivity index (χ1n) is 20.5. The molecule has 4 N–H and O–H groups in total. The first kappa shape index (κ1) is 48.2. The predicted molar refractivity (Wildman–Crippen MR) is 260 cm³/mol. The molecule has 0 saturated carbocycles. The van der Waals surface area contributed by atoms with Crippen molar-refractivity contribution in [2.24, 2.45) is 10.8 Å². The minimum atomic E-state index is -0.757. The zero-order valence-electron chi connectivity index (χ0n) is 36.6. The lowest BCUT2D eigenvalue weighted by molar-refractivity contribution is -0.145. The number of pyridine rings is 4. The molecule has 0 amide bonds. The van der Waals surface area contributed by atoms with Crippen molar-refractivity contribution in [1.82, 2.24) is 39.9 Å². The lowest BCUT2D eigenvalue weighted by Gasteiger charge is -2.17. The third-order valence-electron chi connectivity index (χ3n) is 9.76. The van der Waals surface area contributed by atoms with Gasteiger partial charge in [0.25, 0.3) is 17.0 Å². The second-order valence-electron chi connectivity index (χ2n) is 17.0. The molecule has 0 radical (unpaired) electrons. The summed E-state index contributed by atoms with van der Waals surface area (Å²) < 4.78 is 3.05. The summed E-state index contributed by atoms with van der Waals surface area (Å²) in [5.74, 6) is -0.840. The Bertz CT molecular complexity index is 2990. The molecule has 0 aromatic carbocycles. The number of hydrogen-bond donors (Lipinski definition) is 4. The van der Waals surface area contributed by atoms with Crippen LogP contribution in [-0.4, -0.2) is 56.9 Å². The molecule has 0 spiro atoms. The Hall–Kier alpha value is -6.26. The minimum absolute atomic E-state index is 0.0835. The molecule has 0 atom stereocenters. The van der Waals surface area contributed by atoms with Gasteiger partial charge in [-0.1, -0.05) is 56.1 Å². The number of aryl methyl sites for hydroxylation is 4. The van der Waals surface area contributed by atoms with Crippen molar-refractivity contribution in [2.45, 2.75) is 67.2 Å². The van der Waals surface area contributed by atoms with E-state index < -0.39 is 16.8 Å². The Morgan fingerprint density at radius 1 is 0.662 bits per heavy atom. The number of aromatic amines is 3. The Labute approximate surface area is 393 Å². The standard InChI is InChI=1S/C24H23ClN4O2S.C19H15ClN4OS.C5H10O2/c1-24(2,3)23(31)29-17(6-7-18-8-9-21(25)32-18)12-20(28-29)16-11-19(22(30)27-14-16)15-5-4-10-26-13-15;20-18-6-5-15(26-18)4-3-14-9-17(24-23-14)13-8-16(19(25)22-11-13)12-2-1-7-21-10-12;1-5(2,3)4(6)7/h4-5,8-14H,6-7H2,1-3H3,(H,27,30);1-2,5-11H,3-4H2,(H,22,25)(H,23,24);1-3H3,(H,6,7). The lowest BCUT2D eigenvalue weighted by Crippen LogP contribution is -2.29. The van der Waals surface area contributed by atoms with Crippen LogP contribution >= 0.6 is 45.9 Å². The fourth-order valence-corrected chi connectivity index (χ4v) is 8.26. The van der Waals surface area contributed by atoms with E-state index in [1.54, 1.807) is 81.4 Å². The van der Waals surface area contributed by atoms with E-state index >= 15 is 0 Å². The van der Waals surface area contributed by atoms with Crippen molar-refractivity contribution >= 4 is 57.8 Å². The van der Waals surface area contributed by atoms with E-state index in [-0.39, 0.29) is 17.0 Å². The van der Waals surface area contributed by atoms with E-state index in [2.05, 4.69) is 35.2 Å². The molecule has 0 aliphatic carbocycles. The van der Waals surface area contributed by atoms with E-state index in [1.807, 2.05) is 81.4 Å². The normalized spacial score (nSPS) is 11.3. The number of rotatable bonds is 10. The summed E-state index contributed by atoms with van der Waals surface area (Å²) in [5, 5.41) is 20.3. The number of aromatic nitrogens is 8. The third kappa shape index (κ3) is 13.2. The first-order chi connectivity index (χ1) is 30.8. The number of nitrogens with one attached hydrogen (secondary N) is 3. The maximum Gasteiger partial charge on any atom is 0.308 e. The van der Waals surface area contributed by atoms with Gasteiger partial charge in [-0.05, 0) is 107 Å². The van der Waals surface area contributed by atoms with Crippen LogP contribution in [-0.2, 0) is 30.5 Å². The number of nitrogens with zero attached hydrogens (tertiary/aromatic N) is 5. The molecule has 0 fully saturated rings. The Morgan fingerprint density at radius 3 is 1.62 bits per heavy atom. The van der Waals surface area contributed by atoms with Gasteiger partial charge in [0.15, 0.2) is 0 Å². The zero-order valence-corrected chi connectivity index (χ0v) is 39.8. The predicted octanol–water partition coefficient (Wildman–Crippen LogP) is 10.9. The number of carboxylic acids is 1. The second kappa shape index (κ2) is 21.2. The van der Waals surface area contributed by atoms with Crippen LogP contribution in [0.1, 0.15) is 67.5 Å². The summed E-state index contributed by atoms with van der Waals surface area (Å²) in [6, 6.07) is 22.7. The van der Waals surface area contributed by atoms with E-state index in [0.29, 0.717) is 23.2 Å². The van der Waals surface area contributed by atoms with Crippen LogP contribution in [0.4, 0.5) is 0 Å². The molecule has 8 aromatic heterocycles. The number of carbonyl (C=O) groups excluding carboxylic acids is 1. The van der Waals surface area contributed by atoms with Crippen LogP contribution < -0.4 is 11.1 Å². The molecule has 17 heteroatoms. The van der Waals surface area contributed by atoms with Crippen LogP contribution in [0.3, 0.4) is 0 Å². The summed E-state index contributed by atoms with van der Waals surface area (Å²) in [6.45, 7) is 10.6. The van der Waals surface area contributed by atoms with Crippen molar-refractivity contribution in [1.29, 1.82) is 0 Å². The Balaban J connectivity index is 0.000000191. The molecule has 0 bridgehead atoms. The maximum atomic E-state index is 13.1. The maximum absolute atomic E-state index is 13.1. The largest absolute Gasteiger partial charge is 0.481 e. The lowest BCUT2D eigenvalue weighted by atomic mass is 9.95. The average Bonchev–Trinajstić information content (AvgIpc) is 4.11. The number of thiophene rings is 2. The quantitative estimate of drug-likeness (QED) is 0.103. The average molecular weight is 952 g/mol. The van der Waals surface area contributed by atoms with Crippen LogP contribution in [0.25, 0.3) is 44.8 Å². The number of aliphatic carboxylic acids is 1. The molecule has 0 saturated heterocycles. The monoisotopic (exact) mass is 950 g/mol. The highest BCUT2D eigenvalue weighted by molar-refractivity contribution is 7.16. The summed E-state index contributed by atoms with van der Waals surface area (Å²) in [4.78, 5) is 63.8. The van der Waals surface area contributed by atoms with Gasteiger partial charge in [0, 0.05) is 97.1 Å². The fourth-order valence-electron chi connectivity index (χ4n) is 6.09. The smallest absolute Gasteiger partial charge is 0.308 e. The number of halogens is 2. The van der Waals surface area contributed by atoms with Crippen molar-refractivity contribution in [2.75, 3.05) is 0 Å². The highest BCUT2D eigenvalue weighted by Gasteiger charge is 2.27. The highest BCUT2D eigenvalue weighted by atomic mass is 35.5. The SMILES string of the molecule is CC(C)(C)C(=O)O.CC(C)(C)C(=O)n1nc(-c2c[nH]c(=O)c(-c3cccnc3)c2)cc1CCc1ccc(Cl)s1.O=c1[nH]cc(-c2cc(CCc3ccc(Cl)s3)[nH]n2)cc1-c1cccnc1. The minimum Gasteiger partial charge on any atom is -0.481 e. The van der Waals surface area contributed by atoms with E-state index in [4.69, 9.17) is 28.3 Å². The molecular formula is C48H48Cl2N8O5S2. The van der Waals surface area contributed by atoms with Gasteiger partial charge in [-0.15, -0.1) is 22.7 Å². The summed E-state index contributed by atoms with van der Waals surface area (Å²) in [5.41, 5.74) is 5.91. The van der Waals surface area contributed by atoms with Crippen LogP contribution in [0.15, 0.2) is 120 Å². The molecule has 8 heterocycles. The summed E-state index contributed by atoms with van der Waals surface area (Å²) in [7, 11) is 0. The molecule has 336 valence electrons. The van der Waals surface area contributed by atoms with Gasteiger partial charge < -0.3 is 15.1 Å². The molecule has 0 unspecified atom stereocenters. The molecule has 13 nitrogen and oxygen atoms in total. The van der Waals surface area contributed by atoms with E-state index in [0.717, 1.165) is 72.1 Å². The fraction of sp³-hybridized carbons (Fsp3) is 0.250. The van der Waals surface area contributed by atoms with Crippen LogP contribution in [0, 0.1) is 10.8 Å². The van der Waals surface area contributed by atoms with Gasteiger partial charge >= 0.3 is 5.97 Å². The molecular weight excluding hydrogens is 904 g/mol. The number of hydrogen-bond acceptors (Lipinski definition) is 10. The number of carbonyl (C=O) groups is 2. The molecule has 8 rings (SSSR count). The molecule has 0 aliphatic rings. The molecule has 65 heavy (non-hydrogen) atoms. The van der Waals surface area contributed by atoms with Gasteiger partial charge in [0.2, 0.25) is 0 Å². The summed E-state index contributed by atoms with van der Waals surface area (Å²) >= 11 is 15.2. The van der Waals surface area contributed by atoms with Gasteiger partial charge in [-0.25, -0.2) is 4.68 Å². The van der Waals surface area contributed by atoms with Gasteiger partial charge in [0.05, 0.1) is 25.5 Å². The first-order valence-corrected chi connectivity index (χ1v) is 22.9. The van der Waals surface area contributed by atoms with Gasteiger partial charge in [0.1, 0.15) is 0 Å². The Morgan fingerprint density at radius 2 is 1.17 bits per heavy atom. The van der Waals surface area contributed by atoms with Gasteiger partial charge in [-0.2, -0.15) is 10.2 Å². The second-order valence-corrected chi connectivity index (χ2v) is 20.6. The Kier molecular flexibility index (Phi) is 15.7. The van der Waals surface area contributed by atoms with Crippen molar-refractivity contribution in [3.05, 3.63) is 160 Å². The third-order valence-corrected chi connectivity index (χ3v) is 12.3. The van der Waals surface area contributed by atoms with Crippen molar-refractivity contribution in [3.63, 3.8) is 0 Å². The van der Waals surface area contributed by atoms with E-state index in [1.165, 1.54) is 20.9 Å².